The van der Waals surface area contributed by atoms with Crippen molar-refractivity contribution in [2.75, 3.05) is 0 Å². The first-order valence-electron chi connectivity index (χ1n) is 4.92. The molecule has 0 aliphatic heterocycles. The maximum Gasteiger partial charge on any atom is 0.129 e. The Balaban J connectivity index is 2.26. The summed E-state index contributed by atoms with van der Waals surface area (Å²) in [6.45, 7) is 0. The van der Waals surface area contributed by atoms with E-state index in [0.29, 0.717) is 32.1 Å². The number of nitriles is 1. The summed E-state index contributed by atoms with van der Waals surface area (Å²) in [5, 5.41) is 9.97. The van der Waals surface area contributed by atoms with E-state index in [2.05, 4.69) is 0 Å². The fraction of sp³-hybridized carbons (Fsp3) is 0. The lowest BCUT2D eigenvalue weighted by molar-refractivity contribution is 0.483. The maximum atomic E-state index is 8.76. The van der Waals surface area contributed by atoms with Gasteiger partial charge in [-0.15, -0.1) is 0 Å². The second-order valence-electron chi connectivity index (χ2n) is 3.43. The molecule has 0 fully saturated rings. The molecule has 0 atom stereocenters. The van der Waals surface area contributed by atoms with E-state index in [-0.39, 0.29) is 0 Å². The van der Waals surface area contributed by atoms with E-state index in [1.807, 2.05) is 6.07 Å². The third-order valence-corrected chi connectivity index (χ3v) is 3.24. The van der Waals surface area contributed by atoms with E-state index >= 15 is 0 Å². The predicted molar refractivity (Wildman–Crippen MR) is 72.7 cm³/mol. The zero-order valence-corrected chi connectivity index (χ0v) is 11.2. The minimum atomic E-state index is 0.343. The van der Waals surface area contributed by atoms with Gasteiger partial charge in [-0.1, -0.05) is 34.8 Å². The number of nitrogens with zero attached hydrogens (tertiary/aromatic N) is 1. The van der Waals surface area contributed by atoms with Crippen LogP contribution in [0.5, 0.6) is 11.5 Å². The van der Waals surface area contributed by atoms with Gasteiger partial charge in [-0.05, 0) is 24.3 Å². The first-order valence-corrected chi connectivity index (χ1v) is 6.06. The summed E-state index contributed by atoms with van der Waals surface area (Å²) in [6.07, 6.45) is 0. The van der Waals surface area contributed by atoms with Crippen molar-refractivity contribution in [3.63, 3.8) is 0 Å². The fourth-order valence-corrected chi connectivity index (χ4v) is 1.83. The lowest BCUT2D eigenvalue weighted by Crippen LogP contribution is -1.85. The minimum absolute atomic E-state index is 0.343. The molecule has 0 aromatic heterocycles. The van der Waals surface area contributed by atoms with Crippen LogP contribution in [0.1, 0.15) is 5.56 Å². The molecule has 2 aromatic carbocycles. The van der Waals surface area contributed by atoms with Crippen molar-refractivity contribution in [1.82, 2.24) is 0 Å². The molecule has 0 saturated carbocycles. The zero-order chi connectivity index (χ0) is 13.1. The molecule has 0 radical (unpaired) electrons. The van der Waals surface area contributed by atoms with Crippen LogP contribution in [0.15, 0.2) is 36.4 Å². The fourth-order valence-electron chi connectivity index (χ4n) is 1.33. The third kappa shape index (κ3) is 2.88. The van der Waals surface area contributed by atoms with Crippen molar-refractivity contribution in [2.24, 2.45) is 0 Å². The van der Waals surface area contributed by atoms with E-state index in [9.17, 15) is 0 Å². The monoisotopic (exact) mass is 297 g/mol. The van der Waals surface area contributed by atoms with Crippen LogP contribution in [0.4, 0.5) is 0 Å². The smallest absolute Gasteiger partial charge is 0.129 e. The van der Waals surface area contributed by atoms with Gasteiger partial charge in [0.1, 0.15) is 17.6 Å². The summed E-state index contributed by atoms with van der Waals surface area (Å²) in [5.74, 6) is 1.07. The summed E-state index contributed by atoms with van der Waals surface area (Å²) in [6, 6.07) is 11.7. The van der Waals surface area contributed by atoms with Crippen LogP contribution in [-0.2, 0) is 0 Å². The van der Waals surface area contributed by atoms with Crippen molar-refractivity contribution < 1.29 is 4.74 Å². The van der Waals surface area contributed by atoms with Gasteiger partial charge >= 0.3 is 0 Å². The molecule has 0 spiro atoms. The van der Waals surface area contributed by atoms with Gasteiger partial charge in [-0.3, -0.25) is 0 Å². The summed E-state index contributed by atoms with van der Waals surface area (Å²) < 4.78 is 5.56. The Morgan fingerprint density at radius 2 is 1.44 bits per heavy atom. The molecular formula is C13H6Cl3NO. The second-order valence-corrected chi connectivity index (χ2v) is 4.65. The summed E-state index contributed by atoms with van der Waals surface area (Å²) in [7, 11) is 0. The van der Waals surface area contributed by atoms with Gasteiger partial charge in [0.25, 0.3) is 0 Å². The number of hydrogen-bond acceptors (Lipinski definition) is 2. The highest BCUT2D eigenvalue weighted by Crippen LogP contribution is 2.31. The predicted octanol–water partition coefficient (Wildman–Crippen LogP) is 5.31. The number of benzene rings is 2. The standard InChI is InChI=1S/C13H6Cl3NO/c14-11-4-3-10(6-13(11)16)18-9-2-1-8(7-17)12(15)5-9/h1-6H. The van der Waals surface area contributed by atoms with Gasteiger partial charge in [0.15, 0.2) is 0 Å². The van der Waals surface area contributed by atoms with Gasteiger partial charge in [0.2, 0.25) is 0 Å². The van der Waals surface area contributed by atoms with Crippen LogP contribution in [-0.4, -0.2) is 0 Å². The average Bonchev–Trinajstić information content (AvgIpc) is 2.34. The van der Waals surface area contributed by atoms with Gasteiger partial charge in [-0.25, -0.2) is 0 Å². The van der Waals surface area contributed by atoms with Crippen LogP contribution >= 0.6 is 34.8 Å². The van der Waals surface area contributed by atoms with Crippen molar-refractivity contribution in [1.29, 1.82) is 5.26 Å². The molecule has 2 rings (SSSR count). The molecule has 18 heavy (non-hydrogen) atoms. The highest BCUT2D eigenvalue weighted by atomic mass is 35.5. The van der Waals surface area contributed by atoms with E-state index in [4.69, 9.17) is 44.8 Å². The topological polar surface area (TPSA) is 33.0 Å². The Bertz CT molecular complexity index is 635. The first kappa shape index (κ1) is 13.0. The number of rotatable bonds is 2. The van der Waals surface area contributed by atoms with Crippen molar-refractivity contribution >= 4 is 34.8 Å². The Kier molecular flexibility index (Phi) is 3.98. The molecule has 2 aromatic rings. The molecule has 90 valence electrons. The number of ether oxygens (including phenoxy) is 1. The van der Waals surface area contributed by atoms with Crippen molar-refractivity contribution in [3.05, 3.63) is 57.0 Å². The summed E-state index contributed by atoms with van der Waals surface area (Å²) in [5.41, 5.74) is 0.401. The quantitative estimate of drug-likeness (QED) is 0.752. The SMILES string of the molecule is N#Cc1ccc(Oc2ccc(Cl)c(Cl)c2)cc1Cl. The Hall–Kier alpha value is -1.40. The number of hydrogen-bond donors (Lipinski definition) is 0. The molecule has 0 bridgehead atoms. The molecular weight excluding hydrogens is 293 g/mol. The molecule has 0 amide bonds. The first-order chi connectivity index (χ1) is 8.60. The van der Waals surface area contributed by atoms with Crippen LogP contribution < -0.4 is 4.74 Å². The summed E-state index contributed by atoms with van der Waals surface area (Å²) in [4.78, 5) is 0. The average molecular weight is 299 g/mol. The lowest BCUT2D eigenvalue weighted by Gasteiger charge is -2.07. The third-order valence-electron chi connectivity index (χ3n) is 2.19. The Labute approximate surface area is 119 Å². The van der Waals surface area contributed by atoms with E-state index < -0.39 is 0 Å². The van der Waals surface area contributed by atoms with Gasteiger partial charge in [-0.2, -0.15) is 5.26 Å². The molecule has 0 saturated heterocycles. The second kappa shape index (κ2) is 5.49. The normalized spacial score (nSPS) is 9.89. The lowest BCUT2D eigenvalue weighted by atomic mass is 10.2. The van der Waals surface area contributed by atoms with E-state index in [0.717, 1.165) is 0 Å². The Morgan fingerprint density at radius 1 is 0.833 bits per heavy atom. The molecule has 0 unspecified atom stereocenters. The summed E-state index contributed by atoms with van der Waals surface area (Å²) >= 11 is 17.6. The highest BCUT2D eigenvalue weighted by Gasteiger charge is 2.05. The van der Waals surface area contributed by atoms with Crippen LogP contribution in [0.25, 0.3) is 0 Å². The number of halogens is 3. The molecule has 5 heteroatoms. The van der Waals surface area contributed by atoms with Crippen LogP contribution in [0, 0.1) is 11.3 Å². The zero-order valence-electron chi connectivity index (χ0n) is 8.95. The van der Waals surface area contributed by atoms with Crippen molar-refractivity contribution in [3.8, 4) is 17.6 Å². The van der Waals surface area contributed by atoms with Crippen molar-refractivity contribution in [2.45, 2.75) is 0 Å². The van der Waals surface area contributed by atoms with Crippen LogP contribution in [0.2, 0.25) is 15.1 Å². The Morgan fingerprint density at radius 3 is 2.00 bits per heavy atom. The molecule has 0 aliphatic carbocycles. The molecule has 0 heterocycles. The van der Waals surface area contributed by atoms with Gasteiger partial charge < -0.3 is 4.74 Å². The molecule has 0 aliphatic rings. The van der Waals surface area contributed by atoms with Crippen LogP contribution in [0.3, 0.4) is 0 Å². The van der Waals surface area contributed by atoms with E-state index in [1.54, 1.807) is 36.4 Å². The largest absolute Gasteiger partial charge is 0.457 e. The minimum Gasteiger partial charge on any atom is -0.457 e. The van der Waals surface area contributed by atoms with Gasteiger partial charge in [0.05, 0.1) is 20.6 Å². The van der Waals surface area contributed by atoms with E-state index in [1.165, 1.54) is 0 Å². The molecule has 0 N–H and O–H groups in total. The van der Waals surface area contributed by atoms with Gasteiger partial charge in [0, 0.05) is 12.1 Å². The maximum absolute atomic E-state index is 8.76. The molecule has 2 nitrogen and oxygen atoms in total. The highest BCUT2D eigenvalue weighted by molar-refractivity contribution is 6.42.